The highest BCUT2D eigenvalue weighted by Gasteiger charge is 2.46. The van der Waals surface area contributed by atoms with Gasteiger partial charge >= 0.3 is 6.09 Å². The molecular formula is C37H45F3N6O7S. The van der Waals surface area contributed by atoms with Crippen LogP contribution in [0.25, 0.3) is 11.0 Å². The molecule has 6 rings (SSSR count). The van der Waals surface area contributed by atoms with Crippen LogP contribution in [-0.4, -0.2) is 83.2 Å². The number of pyridine rings is 1. The van der Waals surface area contributed by atoms with E-state index in [1.165, 1.54) is 29.1 Å². The molecule has 1 aromatic carbocycles. The third-order valence-electron chi connectivity index (χ3n) is 11.0. The molecule has 5 heterocycles. The molecule has 3 saturated heterocycles. The van der Waals surface area contributed by atoms with Gasteiger partial charge in [0, 0.05) is 36.7 Å². The number of unbranched alkanes of at least 4 members (excludes halogenated alkanes) is 3. The molecule has 0 spiro atoms. The number of aryl methyl sites for hydroxylation is 1. The first-order chi connectivity index (χ1) is 25.8. The molecule has 0 bridgehead atoms. The summed E-state index contributed by atoms with van der Waals surface area (Å²) < 4.78 is 85.0. The number of fused-ring (bicyclic) bond motifs is 1. The van der Waals surface area contributed by atoms with E-state index in [4.69, 9.17) is 9.47 Å². The zero-order valence-electron chi connectivity index (χ0n) is 30.1. The number of anilines is 1. The number of carboxylic acid groups (broad SMARTS) is 1. The number of sulfone groups is 1. The Hall–Kier alpha value is -4.27. The van der Waals surface area contributed by atoms with Gasteiger partial charge < -0.3 is 24.8 Å². The number of halogens is 3. The molecular weight excluding hydrogens is 730 g/mol. The number of hydrogen-bond acceptors (Lipinski definition) is 10. The number of benzene rings is 1. The highest BCUT2D eigenvalue weighted by atomic mass is 32.2. The number of likely N-dealkylation sites (tertiary alicyclic amines) is 1. The summed E-state index contributed by atoms with van der Waals surface area (Å²) >= 11 is 0. The van der Waals surface area contributed by atoms with Crippen molar-refractivity contribution in [2.75, 3.05) is 43.1 Å². The number of nitriles is 1. The fraction of sp³-hybridized carbons (Fsp3) is 0.595. The van der Waals surface area contributed by atoms with Crippen molar-refractivity contribution in [3.63, 3.8) is 0 Å². The Bertz CT molecular complexity index is 2050. The summed E-state index contributed by atoms with van der Waals surface area (Å²) in [5.74, 6) is -6.24. The molecule has 54 heavy (non-hydrogen) atoms. The van der Waals surface area contributed by atoms with Crippen LogP contribution in [0.15, 0.2) is 35.4 Å². The maximum atomic E-state index is 16.1. The number of ether oxygens (including phenoxy) is 2. The van der Waals surface area contributed by atoms with E-state index in [1.54, 1.807) is 6.92 Å². The molecule has 17 heteroatoms. The topological polar surface area (TPSA) is 177 Å². The van der Waals surface area contributed by atoms with Gasteiger partial charge in [-0.3, -0.25) is 9.36 Å². The highest BCUT2D eigenvalue weighted by Crippen LogP contribution is 2.44. The molecule has 0 radical (unpaired) electrons. The number of amides is 1. The molecule has 13 nitrogen and oxygen atoms in total. The van der Waals surface area contributed by atoms with E-state index >= 15 is 13.2 Å². The Morgan fingerprint density at radius 2 is 1.81 bits per heavy atom. The normalized spacial score (nSPS) is 19.8. The summed E-state index contributed by atoms with van der Waals surface area (Å²) in [4.78, 5) is 35.4. The van der Waals surface area contributed by atoms with E-state index in [9.17, 15) is 28.4 Å². The molecule has 0 aliphatic carbocycles. The Labute approximate surface area is 311 Å². The minimum atomic E-state index is -3.56. The van der Waals surface area contributed by atoms with Gasteiger partial charge in [0.25, 0.3) is 11.5 Å². The van der Waals surface area contributed by atoms with Gasteiger partial charge in [0.05, 0.1) is 53.2 Å². The Kier molecular flexibility index (Phi) is 11.8. The lowest BCUT2D eigenvalue weighted by atomic mass is 9.77. The van der Waals surface area contributed by atoms with Crippen molar-refractivity contribution in [1.82, 2.24) is 19.4 Å². The summed E-state index contributed by atoms with van der Waals surface area (Å²) in [7, 11) is -3.38. The van der Waals surface area contributed by atoms with Crippen LogP contribution in [0.1, 0.15) is 87.4 Å². The number of piperidine rings is 1. The van der Waals surface area contributed by atoms with Crippen LogP contribution in [0, 0.1) is 23.1 Å². The van der Waals surface area contributed by atoms with Gasteiger partial charge in [-0.05, 0) is 57.9 Å². The number of nitrogens with one attached hydrogen (secondary N) is 1. The van der Waals surface area contributed by atoms with Crippen LogP contribution >= 0.6 is 0 Å². The summed E-state index contributed by atoms with van der Waals surface area (Å²) in [6.07, 6.45) is 3.37. The zero-order chi connectivity index (χ0) is 38.7. The smallest absolute Gasteiger partial charge is 0.407 e. The minimum absolute atomic E-state index is 0.0603. The second-order valence-corrected chi connectivity index (χ2v) is 16.7. The molecule has 2 aromatic heterocycles. The lowest BCUT2D eigenvalue weighted by Crippen LogP contribution is -2.42. The van der Waals surface area contributed by atoms with Gasteiger partial charge in [-0.2, -0.15) is 5.26 Å². The number of alkyl halides is 2. The second kappa shape index (κ2) is 16.2. The molecule has 3 fully saturated rings. The predicted octanol–water partition coefficient (Wildman–Crippen LogP) is 5.88. The molecule has 3 aliphatic heterocycles. The number of carbonyl (C=O) groups is 1. The summed E-state index contributed by atoms with van der Waals surface area (Å²) in [5.41, 5.74) is -2.30. The van der Waals surface area contributed by atoms with Crippen LogP contribution in [0.2, 0.25) is 0 Å². The predicted molar refractivity (Wildman–Crippen MR) is 192 cm³/mol. The fourth-order valence-electron chi connectivity index (χ4n) is 7.76. The Morgan fingerprint density at radius 1 is 1.13 bits per heavy atom. The largest absolute Gasteiger partial charge is 0.465 e. The van der Waals surface area contributed by atoms with Crippen molar-refractivity contribution in [2.24, 2.45) is 5.92 Å². The van der Waals surface area contributed by atoms with Gasteiger partial charge in [-0.15, -0.1) is 0 Å². The average Bonchev–Trinajstić information content (AvgIpc) is 3.68. The summed E-state index contributed by atoms with van der Waals surface area (Å²) in [5, 5.41) is 23.1. The maximum absolute atomic E-state index is 16.1. The Balaban J connectivity index is 1.30. The third-order valence-corrected chi connectivity index (χ3v) is 12.7. The van der Waals surface area contributed by atoms with Crippen molar-refractivity contribution < 1.29 is 41.0 Å². The molecule has 1 atom stereocenters. The van der Waals surface area contributed by atoms with E-state index in [2.05, 4.69) is 21.4 Å². The average molecular weight is 775 g/mol. The van der Waals surface area contributed by atoms with Crippen molar-refractivity contribution in [3.05, 3.63) is 63.5 Å². The van der Waals surface area contributed by atoms with E-state index in [0.29, 0.717) is 25.0 Å². The van der Waals surface area contributed by atoms with E-state index < -0.39 is 56.2 Å². The van der Waals surface area contributed by atoms with E-state index in [-0.39, 0.29) is 85.7 Å². The molecule has 1 unspecified atom stereocenters. The molecule has 2 N–H and O–H groups in total. The number of nitrogens with zero attached hydrogens (tertiary/aromatic N) is 5. The monoisotopic (exact) mass is 774 g/mol. The van der Waals surface area contributed by atoms with Gasteiger partial charge in [0.2, 0.25) is 0 Å². The van der Waals surface area contributed by atoms with Crippen LogP contribution in [0.4, 0.5) is 23.8 Å². The third kappa shape index (κ3) is 8.20. The molecule has 3 aliphatic rings. The maximum Gasteiger partial charge on any atom is 0.407 e. The van der Waals surface area contributed by atoms with Crippen LogP contribution in [0.5, 0.6) is 0 Å². The highest BCUT2D eigenvalue weighted by molar-refractivity contribution is 7.91. The van der Waals surface area contributed by atoms with Crippen LogP contribution in [0.3, 0.4) is 0 Å². The fourth-order valence-corrected chi connectivity index (χ4v) is 9.28. The van der Waals surface area contributed by atoms with Gasteiger partial charge in [-0.1, -0.05) is 31.0 Å². The van der Waals surface area contributed by atoms with Crippen molar-refractivity contribution in [1.29, 1.82) is 5.26 Å². The van der Waals surface area contributed by atoms with E-state index in [0.717, 1.165) is 36.6 Å². The first-order valence-corrected chi connectivity index (χ1v) is 20.2. The number of aromatic nitrogens is 3. The van der Waals surface area contributed by atoms with Crippen molar-refractivity contribution in [2.45, 2.75) is 94.9 Å². The standard InChI is InChI=1S/C37H45F3N6O7S/c1-24(26-7-6-8-28(31(26)38)37(39,40)25-10-15-45(16-11-25)35(48)49)44-32-27-21-29(36(22-41)12-19-54(50,51)20-13-36)34(47)46(33(27)43-23-42-32)14-5-3-2-4-9-30-52-17-18-53-30/h6-8,21,23-25,30H,2-5,9-20H2,1H3,(H,48,49)(H,42,43,44). The SMILES string of the molecule is CC(Nc1ncnc2c1cc(C1(C#N)CCS(=O)(=O)CC1)c(=O)n2CCCCCCC1OCCO1)c1cccc(C(F)(F)C2CCN(C(=O)O)CC2)c1F. The minimum Gasteiger partial charge on any atom is -0.465 e. The summed E-state index contributed by atoms with van der Waals surface area (Å²) in [6.45, 7) is 2.86. The Morgan fingerprint density at radius 3 is 2.48 bits per heavy atom. The summed E-state index contributed by atoms with van der Waals surface area (Å²) in [6, 6.07) is 6.63. The first kappa shape index (κ1) is 39.4. The van der Waals surface area contributed by atoms with Crippen molar-refractivity contribution in [3.8, 4) is 6.07 Å². The first-order valence-electron chi connectivity index (χ1n) is 18.4. The van der Waals surface area contributed by atoms with Crippen molar-refractivity contribution >= 4 is 32.8 Å². The van der Waals surface area contributed by atoms with Gasteiger partial charge in [0.1, 0.15) is 33.4 Å². The lowest BCUT2D eigenvalue weighted by Gasteiger charge is -2.35. The molecule has 292 valence electrons. The zero-order valence-corrected chi connectivity index (χ0v) is 30.9. The van der Waals surface area contributed by atoms with Crippen LogP contribution in [-0.2, 0) is 37.2 Å². The van der Waals surface area contributed by atoms with E-state index in [1.807, 2.05) is 0 Å². The van der Waals surface area contributed by atoms with Crippen LogP contribution < -0.4 is 10.9 Å². The molecule has 0 saturated carbocycles. The molecule has 1 amide bonds. The number of rotatable bonds is 13. The van der Waals surface area contributed by atoms with Gasteiger partial charge in [0.15, 0.2) is 6.29 Å². The molecule has 3 aromatic rings. The number of hydrogen-bond donors (Lipinski definition) is 2. The lowest BCUT2D eigenvalue weighted by molar-refractivity contribution is -0.0861. The van der Waals surface area contributed by atoms with Gasteiger partial charge in [-0.25, -0.2) is 36.4 Å². The quantitative estimate of drug-likeness (QED) is 0.198. The second-order valence-electron chi connectivity index (χ2n) is 14.4.